The van der Waals surface area contributed by atoms with Gasteiger partial charge in [0.25, 0.3) is 10.0 Å². The SMILES string of the molecule is CC(C(=O)NC1CCCCC1)N(Cc1ccc(Br)cc1)C(=O)CN(c1ccc(Br)cc1)S(=O)(=O)c1ccccc1. The van der Waals surface area contributed by atoms with Gasteiger partial charge in [0.15, 0.2) is 0 Å². The van der Waals surface area contributed by atoms with Crippen molar-refractivity contribution in [2.75, 3.05) is 10.8 Å². The summed E-state index contributed by atoms with van der Waals surface area (Å²) in [6, 6.07) is 21.6. The Kier molecular flexibility index (Phi) is 10.4. The minimum absolute atomic E-state index is 0.0771. The Labute approximate surface area is 253 Å². The average Bonchev–Trinajstić information content (AvgIpc) is 2.96. The third-order valence-corrected chi connectivity index (χ3v) is 9.96. The first-order chi connectivity index (χ1) is 19.1. The lowest BCUT2D eigenvalue weighted by molar-refractivity contribution is -0.139. The zero-order chi connectivity index (χ0) is 28.7. The van der Waals surface area contributed by atoms with Crippen LogP contribution in [-0.2, 0) is 26.2 Å². The molecule has 7 nitrogen and oxygen atoms in total. The first-order valence-electron chi connectivity index (χ1n) is 13.3. The number of amides is 2. The first-order valence-corrected chi connectivity index (χ1v) is 16.4. The number of rotatable bonds is 10. The molecule has 1 aliphatic carbocycles. The second-order valence-corrected chi connectivity index (χ2v) is 13.7. The van der Waals surface area contributed by atoms with Crippen LogP contribution in [0.3, 0.4) is 0 Å². The van der Waals surface area contributed by atoms with Crippen molar-refractivity contribution >= 4 is 59.4 Å². The number of nitrogens with one attached hydrogen (secondary N) is 1. The van der Waals surface area contributed by atoms with Crippen LogP contribution >= 0.6 is 31.9 Å². The van der Waals surface area contributed by atoms with Gasteiger partial charge in [-0.3, -0.25) is 13.9 Å². The topological polar surface area (TPSA) is 86.8 Å². The number of anilines is 1. The maximum atomic E-state index is 14.0. The Bertz CT molecular complexity index is 1400. The summed E-state index contributed by atoms with van der Waals surface area (Å²) < 4.78 is 30.4. The Morgan fingerprint density at radius 3 is 2.05 bits per heavy atom. The van der Waals surface area contributed by atoms with Crippen molar-refractivity contribution in [1.29, 1.82) is 0 Å². The summed E-state index contributed by atoms with van der Waals surface area (Å²) in [4.78, 5) is 28.9. The summed E-state index contributed by atoms with van der Waals surface area (Å²) in [5.41, 5.74) is 1.18. The highest BCUT2D eigenvalue weighted by Crippen LogP contribution is 2.26. The second kappa shape index (κ2) is 13.8. The zero-order valence-electron chi connectivity index (χ0n) is 22.3. The quantitative estimate of drug-likeness (QED) is 0.272. The number of hydrogen-bond acceptors (Lipinski definition) is 4. The maximum Gasteiger partial charge on any atom is 0.264 e. The molecule has 0 radical (unpaired) electrons. The van der Waals surface area contributed by atoms with E-state index >= 15 is 0 Å². The highest BCUT2D eigenvalue weighted by atomic mass is 79.9. The molecule has 2 amide bonds. The molecule has 0 saturated heterocycles. The van der Waals surface area contributed by atoms with Crippen LogP contribution in [0.15, 0.2) is 92.7 Å². The lowest BCUT2D eigenvalue weighted by atomic mass is 9.95. The van der Waals surface area contributed by atoms with Crippen molar-refractivity contribution in [2.24, 2.45) is 0 Å². The normalized spacial score (nSPS) is 14.8. The molecule has 3 aromatic carbocycles. The molecule has 0 bridgehead atoms. The number of nitrogens with zero attached hydrogens (tertiary/aromatic N) is 2. The largest absolute Gasteiger partial charge is 0.352 e. The van der Waals surface area contributed by atoms with E-state index < -0.39 is 28.5 Å². The molecule has 1 N–H and O–H groups in total. The number of halogens is 2. The lowest BCUT2D eigenvalue weighted by Crippen LogP contribution is -2.53. The summed E-state index contributed by atoms with van der Waals surface area (Å²) in [5.74, 6) is -0.713. The van der Waals surface area contributed by atoms with Gasteiger partial charge in [-0.15, -0.1) is 0 Å². The predicted octanol–water partition coefficient (Wildman–Crippen LogP) is 6.27. The maximum absolute atomic E-state index is 14.0. The molecule has 0 heterocycles. The molecule has 1 atom stereocenters. The van der Waals surface area contributed by atoms with Crippen molar-refractivity contribution in [2.45, 2.75) is 62.6 Å². The summed E-state index contributed by atoms with van der Waals surface area (Å²) in [6.45, 7) is 1.39. The van der Waals surface area contributed by atoms with Gasteiger partial charge in [-0.05, 0) is 73.9 Å². The third kappa shape index (κ3) is 7.73. The Morgan fingerprint density at radius 2 is 1.45 bits per heavy atom. The van der Waals surface area contributed by atoms with Gasteiger partial charge in [0.2, 0.25) is 11.8 Å². The van der Waals surface area contributed by atoms with Gasteiger partial charge in [-0.2, -0.15) is 0 Å². The van der Waals surface area contributed by atoms with Crippen LogP contribution in [0.1, 0.15) is 44.6 Å². The van der Waals surface area contributed by atoms with E-state index in [1.807, 2.05) is 24.3 Å². The van der Waals surface area contributed by atoms with Crippen LogP contribution in [0, 0.1) is 0 Å². The van der Waals surface area contributed by atoms with E-state index in [0.717, 1.165) is 50.9 Å². The second-order valence-electron chi connectivity index (χ2n) is 9.97. The van der Waals surface area contributed by atoms with Gasteiger partial charge >= 0.3 is 0 Å². The van der Waals surface area contributed by atoms with Crippen LogP contribution in [0.2, 0.25) is 0 Å². The highest BCUT2D eigenvalue weighted by molar-refractivity contribution is 9.10. The number of carbonyl (C=O) groups is 2. The van der Waals surface area contributed by atoms with Gasteiger partial charge in [-0.1, -0.05) is 81.5 Å². The highest BCUT2D eigenvalue weighted by Gasteiger charge is 2.33. The summed E-state index contributed by atoms with van der Waals surface area (Å²) in [7, 11) is -4.08. The minimum atomic E-state index is -4.08. The fraction of sp³-hybridized carbons (Fsp3) is 0.333. The van der Waals surface area contributed by atoms with Crippen LogP contribution in [-0.4, -0.2) is 43.8 Å². The van der Waals surface area contributed by atoms with Crippen molar-refractivity contribution in [3.05, 3.63) is 93.4 Å². The lowest BCUT2D eigenvalue weighted by Gasteiger charge is -2.33. The zero-order valence-corrected chi connectivity index (χ0v) is 26.3. The van der Waals surface area contributed by atoms with Gasteiger partial charge < -0.3 is 10.2 Å². The van der Waals surface area contributed by atoms with E-state index in [0.29, 0.717) is 5.69 Å². The number of sulfonamides is 1. The van der Waals surface area contributed by atoms with Gasteiger partial charge in [0.05, 0.1) is 10.6 Å². The molecule has 0 aliphatic heterocycles. The monoisotopic (exact) mass is 689 g/mol. The van der Waals surface area contributed by atoms with E-state index in [1.54, 1.807) is 49.4 Å². The molecule has 1 fully saturated rings. The Morgan fingerprint density at radius 1 is 0.875 bits per heavy atom. The molecular weight excluding hydrogens is 658 g/mol. The molecule has 40 heavy (non-hydrogen) atoms. The van der Waals surface area contributed by atoms with Crippen LogP contribution in [0.5, 0.6) is 0 Å². The number of hydrogen-bond donors (Lipinski definition) is 1. The molecule has 1 aliphatic rings. The van der Waals surface area contributed by atoms with E-state index in [4.69, 9.17) is 0 Å². The fourth-order valence-corrected chi connectivity index (χ4v) is 6.76. The molecule has 1 saturated carbocycles. The molecular formula is C30H33Br2N3O4S. The third-order valence-electron chi connectivity index (χ3n) is 7.11. The summed E-state index contributed by atoms with van der Waals surface area (Å²) in [5, 5.41) is 3.12. The van der Waals surface area contributed by atoms with E-state index in [9.17, 15) is 18.0 Å². The van der Waals surface area contributed by atoms with Crippen molar-refractivity contribution in [3.8, 4) is 0 Å². The molecule has 3 aromatic rings. The van der Waals surface area contributed by atoms with Gasteiger partial charge in [0.1, 0.15) is 12.6 Å². The molecule has 10 heteroatoms. The number of carbonyl (C=O) groups excluding carboxylic acids is 2. The molecule has 0 spiro atoms. The van der Waals surface area contributed by atoms with Crippen LogP contribution < -0.4 is 9.62 Å². The molecule has 4 rings (SSSR count). The predicted molar refractivity (Wildman–Crippen MR) is 164 cm³/mol. The van der Waals surface area contributed by atoms with Crippen molar-refractivity contribution in [3.63, 3.8) is 0 Å². The molecule has 212 valence electrons. The van der Waals surface area contributed by atoms with Gasteiger partial charge in [-0.25, -0.2) is 8.42 Å². The molecule has 1 unspecified atom stereocenters. The Hall–Kier alpha value is -2.69. The smallest absolute Gasteiger partial charge is 0.264 e. The van der Waals surface area contributed by atoms with E-state index in [2.05, 4.69) is 37.2 Å². The minimum Gasteiger partial charge on any atom is -0.352 e. The van der Waals surface area contributed by atoms with Crippen molar-refractivity contribution < 1.29 is 18.0 Å². The van der Waals surface area contributed by atoms with Crippen LogP contribution in [0.4, 0.5) is 5.69 Å². The van der Waals surface area contributed by atoms with Crippen molar-refractivity contribution in [1.82, 2.24) is 10.2 Å². The average molecular weight is 691 g/mol. The fourth-order valence-electron chi connectivity index (χ4n) is 4.79. The molecule has 0 aromatic heterocycles. The summed E-state index contributed by atoms with van der Waals surface area (Å²) >= 11 is 6.83. The van der Waals surface area contributed by atoms with Gasteiger partial charge in [0, 0.05) is 21.5 Å². The standard InChI is InChI=1S/C30H33Br2N3O4S/c1-22(30(37)33-26-8-4-2-5-9-26)34(20-23-12-14-24(31)15-13-23)29(36)21-35(27-18-16-25(32)17-19-27)40(38,39)28-10-6-3-7-11-28/h3,6-7,10-19,22,26H,2,4-5,8-9,20-21H2,1H3,(H,33,37). The van der Waals surface area contributed by atoms with E-state index in [-0.39, 0.29) is 23.4 Å². The first kappa shape index (κ1) is 30.3. The van der Waals surface area contributed by atoms with Crippen LogP contribution in [0.25, 0.3) is 0 Å². The van der Waals surface area contributed by atoms with E-state index in [1.165, 1.54) is 17.0 Å². The Balaban J connectivity index is 1.65. The summed E-state index contributed by atoms with van der Waals surface area (Å²) in [6.07, 6.45) is 5.15. The number of benzene rings is 3.